The number of carboxylic acids is 1. The number of rotatable bonds is 24. The fourth-order valence-electron chi connectivity index (χ4n) is 9.03. The zero-order chi connectivity index (χ0) is 57.2. The molecule has 1 aromatic rings. The van der Waals surface area contributed by atoms with Crippen LogP contribution in [0, 0.1) is 5.92 Å². The topological polar surface area (TPSA) is 431 Å². The molecule has 1 aromatic carbocycles. The first kappa shape index (κ1) is 63.9. The van der Waals surface area contributed by atoms with Crippen molar-refractivity contribution in [1.29, 1.82) is 0 Å². The van der Waals surface area contributed by atoms with Gasteiger partial charge >= 0.3 is 5.97 Å². The SMILES string of the molecule is CCC(C)CCCCCCCCCCC1CC(=O)NC(CC(=O)O)C(=O)NC(Cc2ccc(O)cc2)C(=O)NC(CC(N)=O)C(=O)NC(CCC(N)=O)C(=O)N2CCCC2C(=O)NC(CC(N)=O)C(=O)NC(CO)C(=O)N1. The van der Waals surface area contributed by atoms with E-state index in [0.29, 0.717) is 24.3 Å². The molecule has 2 aliphatic heterocycles. The number of carboxylic acid groups (broad SMARTS) is 1. The zero-order valence-electron chi connectivity index (χ0n) is 44.0. The summed E-state index contributed by atoms with van der Waals surface area (Å²) >= 11 is 0. The first-order valence-corrected chi connectivity index (χ1v) is 26.4. The molecule has 9 unspecified atom stereocenters. The molecule has 0 bridgehead atoms. The van der Waals surface area contributed by atoms with Gasteiger partial charge in [-0.05, 0) is 49.3 Å². The van der Waals surface area contributed by atoms with Crippen LogP contribution < -0.4 is 54.4 Å². The highest BCUT2D eigenvalue weighted by Gasteiger charge is 2.41. The molecule has 0 aliphatic carbocycles. The van der Waals surface area contributed by atoms with Crippen molar-refractivity contribution in [2.24, 2.45) is 23.1 Å². The Labute approximate surface area is 447 Å². The number of benzene rings is 1. The third-order valence-corrected chi connectivity index (χ3v) is 13.5. The van der Waals surface area contributed by atoms with Crippen molar-refractivity contribution in [3.8, 4) is 5.75 Å². The predicted octanol–water partition coefficient (Wildman–Crippen LogP) is -1.85. The van der Waals surface area contributed by atoms with Gasteiger partial charge in [0.05, 0.1) is 25.9 Å². The van der Waals surface area contributed by atoms with Crippen LogP contribution in [0.2, 0.25) is 0 Å². The number of hydrogen-bond donors (Lipinski definition) is 13. The van der Waals surface area contributed by atoms with Gasteiger partial charge in [0.1, 0.15) is 48.0 Å². The fourth-order valence-corrected chi connectivity index (χ4v) is 9.03. The Morgan fingerprint density at radius 2 is 1.10 bits per heavy atom. The van der Waals surface area contributed by atoms with E-state index in [1.165, 1.54) is 30.7 Å². The highest BCUT2D eigenvalue weighted by molar-refractivity contribution is 6.00. The summed E-state index contributed by atoms with van der Waals surface area (Å²) < 4.78 is 0. The van der Waals surface area contributed by atoms with Crippen LogP contribution in [0.3, 0.4) is 0 Å². The molecule has 0 spiro atoms. The van der Waals surface area contributed by atoms with Gasteiger partial charge in [-0.15, -0.1) is 0 Å². The molecule has 0 aromatic heterocycles. The van der Waals surface area contributed by atoms with Crippen molar-refractivity contribution < 1.29 is 72.9 Å². The Kier molecular flexibility index (Phi) is 27.3. The van der Waals surface area contributed by atoms with Gasteiger partial charge in [0, 0.05) is 31.8 Å². The van der Waals surface area contributed by atoms with E-state index in [2.05, 4.69) is 51.1 Å². The minimum Gasteiger partial charge on any atom is -0.508 e. The summed E-state index contributed by atoms with van der Waals surface area (Å²) in [5.41, 5.74) is 16.6. The largest absolute Gasteiger partial charge is 0.508 e. The molecule has 77 heavy (non-hydrogen) atoms. The quantitative estimate of drug-likeness (QED) is 0.0506. The lowest BCUT2D eigenvalue weighted by atomic mass is 9.99. The Morgan fingerprint density at radius 3 is 1.65 bits per heavy atom. The number of hydrogen-bond acceptors (Lipinski definition) is 14. The van der Waals surface area contributed by atoms with Gasteiger partial charge in [0.2, 0.25) is 65.0 Å². The number of nitrogens with one attached hydrogen (secondary N) is 7. The first-order valence-electron chi connectivity index (χ1n) is 26.4. The van der Waals surface area contributed by atoms with Gasteiger partial charge in [-0.25, -0.2) is 0 Å². The molecule has 428 valence electrons. The number of nitrogens with two attached hydrogens (primary N) is 3. The molecule has 26 nitrogen and oxygen atoms in total. The fraction of sp³-hybridized carbons (Fsp3) is 0.647. The second-order valence-corrected chi connectivity index (χ2v) is 19.9. The summed E-state index contributed by atoms with van der Waals surface area (Å²) in [6.45, 7) is 3.29. The maximum absolute atomic E-state index is 14.3. The van der Waals surface area contributed by atoms with Gasteiger partial charge in [-0.3, -0.25) is 57.5 Å². The van der Waals surface area contributed by atoms with E-state index in [0.717, 1.165) is 49.8 Å². The molecule has 2 aliphatic rings. The Bertz CT molecular complexity index is 2230. The van der Waals surface area contributed by atoms with Crippen molar-refractivity contribution in [2.45, 2.75) is 191 Å². The number of aromatic hydroxyl groups is 1. The Morgan fingerprint density at radius 1 is 0.610 bits per heavy atom. The summed E-state index contributed by atoms with van der Waals surface area (Å²) in [5, 5.41) is 47.0. The highest BCUT2D eigenvalue weighted by atomic mass is 16.4. The first-order chi connectivity index (χ1) is 36.5. The lowest BCUT2D eigenvalue weighted by Crippen LogP contribution is -2.60. The Hall–Kier alpha value is -7.38. The molecular weight excluding hydrogens is 1010 g/mol. The van der Waals surface area contributed by atoms with Crippen molar-refractivity contribution in [3.05, 3.63) is 29.8 Å². The minimum absolute atomic E-state index is 0.00402. The van der Waals surface area contributed by atoms with Crippen LogP contribution in [-0.2, 0) is 64.0 Å². The van der Waals surface area contributed by atoms with Gasteiger partial charge in [-0.1, -0.05) is 90.2 Å². The van der Waals surface area contributed by atoms with Gasteiger partial charge in [-0.2, -0.15) is 0 Å². The number of aliphatic hydroxyl groups is 1. The molecule has 9 atom stereocenters. The number of nitrogens with zero attached hydrogens (tertiary/aromatic N) is 1. The van der Waals surface area contributed by atoms with Crippen LogP contribution >= 0.6 is 0 Å². The average molecular weight is 1090 g/mol. The van der Waals surface area contributed by atoms with E-state index in [4.69, 9.17) is 17.2 Å². The smallest absolute Gasteiger partial charge is 0.305 e. The van der Waals surface area contributed by atoms with Crippen molar-refractivity contribution in [1.82, 2.24) is 42.1 Å². The number of phenolic OH excluding ortho intramolecular Hbond substituents is 1. The van der Waals surface area contributed by atoms with E-state index in [-0.39, 0.29) is 38.0 Å². The third kappa shape index (κ3) is 23.2. The van der Waals surface area contributed by atoms with Crippen molar-refractivity contribution in [2.75, 3.05) is 13.2 Å². The Balaban J connectivity index is 2.09. The lowest BCUT2D eigenvalue weighted by Gasteiger charge is -2.31. The van der Waals surface area contributed by atoms with E-state index in [9.17, 15) is 72.9 Å². The standard InChI is InChI=1S/C51H79N11O15/c1-3-29(2)13-10-8-6-4-5-7-9-11-14-31-24-43(68)56-37(27-44(69)70)48(74)58-34(23-30-16-18-32(64)19-17-30)45(71)59-35(25-41(53)66)46(72)57-33(20-21-40(52)65)51(77)62-22-12-15-39(62)50(76)60-36(26-42(54)67)47(73)61-38(28-63)49(75)55-31/h16-19,29,31,33-39,63-64H,3-15,20-28H2,1-2H3,(H2,52,65)(H2,53,66)(H2,54,67)(H,55,75)(H,56,68)(H,57,72)(H,58,74)(H,59,71)(H,60,76)(H,61,73)(H,69,70). The summed E-state index contributed by atoms with van der Waals surface area (Å²) in [6.07, 6.45) is 5.34. The summed E-state index contributed by atoms with van der Waals surface area (Å²) in [6, 6.07) is -7.69. The number of fused-ring (bicyclic) bond motifs is 1. The van der Waals surface area contributed by atoms with Crippen LogP contribution in [0.25, 0.3) is 0 Å². The molecule has 3 rings (SSSR count). The van der Waals surface area contributed by atoms with Crippen molar-refractivity contribution in [3.63, 3.8) is 0 Å². The molecule has 2 fully saturated rings. The molecule has 2 heterocycles. The third-order valence-electron chi connectivity index (χ3n) is 13.5. The number of aliphatic carboxylic acids is 1. The van der Waals surface area contributed by atoms with Crippen LogP contribution in [0.5, 0.6) is 5.75 Å². The number of primary amides is 3. The van der Waals surface area contributed by atoms with Gasteiger partial charge in [0.25, 0.3) is 0 Å². The number of phenols is 1. The molecule has 16 N–H and O–H groups in total. The second-order valence-electron chi connectivity index (χ2n) is 19.9. The zero-order valence-corrected chi connectivity index (χ0v) is 44.0. The van der Waals surface area contributed by atoms with E-state index < -0.39 is 164 Å². The number of aliphatic hydroxyl groups excluding tert-OH is 1. The van der Waals surface area contributed by atoms with Gasteiger partial charge < -0.3 is 74.6 Å². The molecule has 0 radical (unpaired) electrons. The second kappa shape index (κ2) is 32.9. The van der Waals surface area contributed by atoms with Crippen LogP contribution in [-0.4, -0.2) is 153 Å². The summed E-state index contributed by atoms with van der Waals surface area (Å²) in [7, 11) is 0. The maximum atomic E-state index is 14.3. The maximum Gasteiger partial charge on any atom is 0.305 e. The van der Waals surface area contributed by atoms with Crippen molar-refractivity contribution >= 4 is 70.9 Å². The molecule has 11 amide bonds. The highest BCUT2D eigenvalue weighted by Crippen LogP contribution is 2.21. The molecule has 0 saturated carbocycles. The normalized spacial score (nSPS) is 24.0. The van der Waals surface area contributed by atoms with E-state index >= 15 is 0 Å². The van der Waals surface area contributed by atoms with E-state index in [1.807, 2.05) is 0 Å². The number of unbranched alkanes of at least 4 members (excludes halogenated alkanes) is 7. The lowest BCUT2D eigenvalue weighted by molar-refractivity contribution is -0.143. The monoisotopic (exact) mass is 1090 g/mol. The van der Waals surface area contributed by atoms with Gasteiger partial charge in [0.15, 0.2) is 0 Å². The molecule has 2 saturated heterocycles. The summed E-state index contributed by atoms with van der Waals surface area (Å²) in [5.74, 6) is -12.7. The predicted molar refractivity (Wildman–Crippen MR) is 276 cm³/mol. The van der Waals surface area contributed by atoms with Crippen LogP contribution in [0.15, 0.2) is 24.3 Å². The molecule has 26 heteroatoms. The summed E-state index contributed by atoms with van der Waals surface area (Å²) in [4.78, 5) is 162. The minimum atomic E-state index is -1.88. The molecular formula is C51H79N11O15. The number of carbonyl (C=O) groups is 12. The van der Waals surface area contributed by atoms with Crippen LogP contribution in [0.4, 0.5) is 0 Å². The van der Waals surface area contributed by atoms with Crippen LogP contribution in [0.1, 0.15) is 141 Å². The number of carbonyl (C=O) groups excluding carboxylic acids is 11. The average Bonchev–Trinajstić information content (AvgIpc) is 3.86. The van der Waals surface area contributed by atoms with E-state index in [1.54, 1.807) is 0 Å². The number of amides is 11.